The molecule has 0 radical (unpaired) electrons. The molecule has 22 heavy (non-hydrogen) atoms. The van der Waals surface area contributed by atoms with Crippen LogP contribution in [0.15, 0.2) is 21.9 Å². The lowest BCUT2D eigenvalue weighted by Crippen LogP contribution is -2.32. The van der Waals surface area contributed by atoms with Crippen LogP contribution in [0.25, 0.3) is 0 Å². The van der Waals surface area contributed by atoms with E-state index in [0.717, 1.165) is 0 Å². The number of aromatic nitrogens is 2. The number of aromatic amines is 1. The number of carbonyl (C=O) groups is 2. The number of hydrogen-bond acceptors (Lipinski definition) is 7. The highest BCUT2D eigenvalue weighted by atomic mass is 16.6. The van der Waals surface area contributed by atoms with Gasteiger partial charge < -0.3 is 14.2 Å². The van der Waals surface area contributed by atoms with Gasteiger partial charge in [-0.1, -0.05) is 0 Å². The van der Waals surface area contributed by atoms with Crippen LogP contribution in [-0.4, -0.2) is 40.3 Å². The van der Waals surface area contributed by atoms with Gasteiger partial charge in [0.1, 0.15) is 25.0 Å². The highest BCUT2D eigenvalue weighted by molar-refractivity contribution is 5.66. The van der Waals surface area contributed by atoms with E-state index in [-0.39, 0.29) is 13.0 Å². The van der Waals surface area contributed by atoms with E-state index in [0.29, 0.717) is 0 Å². The number of H-pyrrole nitrogens is 1. The first-order valence-corrected chi connectivity index (χ1v) is 6.64. The van der Waals surface area contributed by atoms with E-state index >= 15 is 0 Å². The van der Waals surface area contributed by atoms with Crippen LogP contribution >= 0.6 is 0 Å². The highest BCUT2D eigenvalue weighted by Gasteiger charge is 2.39. The van der Waals surface area contributed by atoms with Crippen molar-refractivity contribution in [3.8, 4) is 0 Å². The van der Waals surface area contributed by atoms with Gasteiger partial charge in [0.15, 0.2) is 0 Å². The molecule has 0 spiro atoms. The zero-order valence-electron chi connectivity index (χ0n) is 12.1. The second kappa shape index (κ2) is 6.56. The van der Waals surface area contributed by atoms with E-state index in [1.54, 1.807) is 0 Å². The normalized spacial score (nSPS) is 24.0. The summed E-state index contributed by atoms with van der Waals surface area (Å²) in [6.45, 7) is 2.41. The van der Waals surface area contributed by atoms with Gasteiger partial charge in [-0.15, -0.1) is 0 Å². The maximum absolute atomic E-state index is 11.8. The fraction of sp³-hybridized carbons (Fsp3) is 0.538. The molecule has 1 aliphatic heterocycles. The summed E-state index contributed by atoms with van der Waals surface area (Å²) in [4.78, 5) is 47.0. The molecule has 1 aliphatic rings. The number of rotatable bonds is 4. The number of ether oxygens (including phenoxy) is 3. The Bertz CT molecular complexity index is 677. The van der Waals surface area contributed by atoms with Gasteiger partial charge in [-0.05, 0) is 0 Å². The van der Waals surface area contributed by atoms with E-state index in [9.17, 15) is 19.2 Å². The van der Waals surface area contributed by atoms with Crippen LogP contribution in [0.5, 0.6) is 0 Å². The lowest BCUT2D eigenvalue weighted by atomic mass is 10.2. The Morgan fingerprint density at radius 3 is 2.68 bits per heavy atom. The van der Waals surface area contributed by atoms with Gasteiger partial charge in [-0.25, -0.2) is 4.79 Å². The number of hydrogen-bond donors (Lipinski definition) is 1. The molecular formula is C13H16N2O7. The van der Waals surface area contributed by atoms with Gasteiger partial charge in [-0.3, -0.25) is 23.9 Å². The monoisotopic (exact) mass is 312 g/mol. The smallest absolute Gasteiger partial charge is 0.330 e. The summed E-state index contributed by atoms with van der Waals surface area (Å²) in [6, 6.07) is 1.19. The van der Waals surface area contributed by atoms with Crippen molar-refractivity contribution in [2.75, 3.05) is 6.61 Å². The maximum atomic E-state index is 11.8. The summed E-state index contributed by atoms with van der Waals surface area (Å²) in [7, 11) is 0. The summed E-state index contributed by atoms with van der Waals surface area (Å²) < 4.78 is 16.8. The molecule has 1 N–H and O–H groups in total. The highest BCUT2D eigenvalue weighted by Crippen LogP contribution is 2.30. The summed E-state index contributed by atoms with van der Waals surface area (Å²) >= 11 is 0. The topological polar surface area (TPSA) is 117 Å². The predicted octanol–water partition coefficient (Wildman–Crippen LogP) is -0.681. The van der Waals surface area contributed by atoms with Crippen molar-refractivity contribution in [1.82, 2.24) is 9.55 Å². The number of esters is 2. The number of nitrogens with zero attached hydrogens (tertiary/aromatic N) is 1. The Morgan fingerprint density at radius 1 is 1.36 bits per heavy atom. The first-order valence-electron chi connectivity index (χ1n) is 6.64. The van der Waals surface area contributed by atoms with Crippen molar-refractivity contribution in [2.24, 2.45) is 0 Å². The van der Waals surface area contributed by atoms with Gasteiger partial charge in [0.05, 0.1) is 0 Å². The standard InChI is InChI=1S/C13H16N2O7/c1-7(16)20-6-10-9(21-8(2)17)5-12(22-10)15-4-3-11(18)14-13(15)19/h3-4,9-10,12H,5-6H2,1-2H3,(H,14,18,19)/t9-,10+,12+/m0/s1. The van der Waals surface area contributed by atoms with E-state index in [4.69, 9.17) is 14.2 Å². The lowest BCUT2D eigenvalue weighted by Gasteiger charge is -2.17. The van der Waals surface area contributed by atoms with E-state index in [2.05, 4.69) is 4.98 Å². The van der Waals surface area contributed by atoms with Crippen LogP contribution in [0.3, 0.4) is 0 Å². The fourth-order valence-corrected chi connectivity index (χ4v) is 2.21. The Labute approximate surface area is 124 Å². The predicted molar refractivity (Wildman–Crippen MR) is 72.0 cm³/mol. The molecule has 120 valence electrons. The summed E-state index contributed by atoms with van der Waals surface area (Å²) in [6.07, 6.45) is -0.561. The van der Waals surface area contributed by atoms with E-state index in [1.165, 1.54) is 30.7 Å². The Kier molecular flexibility index (Phi) is 4.76. The molecule has 1 aromatic rings. The zero-order chi connectivity index (χ0) is 16.3. The van der Waals surface area contributed by atoms with Crippen molar-refractivity contribution in [1.29, 1.82) is 0 Å². The minimum atomic E-state index is -0.728. The molecule has 0 amide bonds. The summed E-state index contributed by atoms with van der Waals surface area (Å²) in [5, 5.41) is 0. The van der Waals surface area contributed by atoms with Gasteiger partial charge in [0.2, 0.25) is 0 Å². The third kappa shape index (κ3) is 3.82. The van der Waals surface area contributed by atoms with Crippen molar-refractivity contribution >= 4 is 11.9 Å². The first-order chi connectivity index (χ1) is 10.4. The fourth-order valence-electron chi connectivity index (χ4n) is 2.21. The molecule has 1 saturated heterocycles. The minimum Gasteiger partial charge on any atom is -0.463 e. The molecule has 0 aliphatic carbocycles. The summed E-state index contributed by atoms with van der Waals surface area (Å²) in [5.41, 5.74) is -1.15. The average molecular weight is 312 g/mol. The van der Waals surface area contributed by atoms with Gasteiger partial charge in [-0.2, -0.15) is 0 Å². The molecule has 0 unspecified atom stereocenters. The minimum absolute atomic E-state index is 0.0954. The second-order valence-corrected chi connectivity index (χ2v) is 4.83. The molecule has 2 rings (SSSR count). The Morgan fingerprint density at radius 2 is 2.09 bits per heavy atom. The summed E-state index contributed by atoms with van der Waals surface area (Å²) in [5.74, 6) is -0.995. The Balaban J connectivity index is 2.17. The average Bonchev–Trinajstić information content (AvgIpc) is 2.78. The molecule has 3 atom stereocenters. The van der Waals surface area contributed by atoms with Crippen molar-refractivity contribution in [3.05, 3.63) is 33.1 Å². The third-order valence-electron chi connectivity index (χ3n) is 3.11. The lowest BCUT2D eigenvalue weighted by molar-refractivity contribution is -0.155. The molecule has 0 bridgehead atoms. The van der Waals surface area contributed by atoms with Gasteiger partial charge in [0.25, 0.3) is 5.56 Å². The van der Waals surface area contributed by atoms with E-state index in [1.807, 2.05) is 0 Å². The molecule has 0 saturated carbocycles. The second-order valence-electron chi connectivity index (χ2n) is 4.83. The number of carbonyl (C=O) groups excluding carboxylic acids is 2. The SMILES string of the molecule is CC(=O)OC[C@H]1O[C@@H](n2ccc(=O)[nH]c2=O)C[C@@H]1OC(C)=O. The van der Waals surface area contributed by atoms with Crippen LogP contribution < -0.4 is 11.2 Å². The van der Waals surface area contributed by atoms with E-state index < -0.39 is 41.6 Å². The molecule has 9 nitrogen and oxygen atoms in total. The van der Waals surface area contributed by atoms with Crippen molar-refractivity contribution in [3.63, 3.8) is 0 Å². The van der Waals surface area contributed by atoms with Crippen LogP contribution in [0.4, 0.5) is 0 Å². The molecule has 0 aromatic carbocycles. The van der Waals surface area contributed by atoms with Gasteiger partial charge in [0, 0.05) is 32.5 Å². The van der Waals surface area contributed by atoms with Gasteiger partial charge >= 0.3 is 17.6 Å². The van der Waals surface area contributed by atoms with Crippen LogP contribution in [0.1, 0.15) is 26.5 Å². The molecule has 2 heterocycles. The van der Waals surface area contributed by atoms with Crippen LogP contribution in [-0.2, 0) is 23.8 Å². The first kappa shape index (κ1) is 16.0. The number of nitrogens with one attached hydrogen (secondary N) is 1. The van der Waals surface area contributed by atoms with Crippen molar-refractivity contribution in [2.45, 2.75) is 38.7 Å². The quantitative estimate of drug-likeness (QED) is 0.732. The molecule has 1 fully saturated rings. The Hall–Kier alpha value is -2.42. The molecule has 9 heteroatoms. The third-order valence-corrected chi connectivity index (χ3v) is 3.11. The van der Waals surface area contributed by atoms with Crippen LogP contribution in [0, 0.1) is 0 Å². The molecule has 1 aromatic heterocycles. The zero-order valence-corrected chi connectivity index (χ0v) is 12.1. The van der Waals surface area contributed by atoms with Crippen molar-refractivity contribution < 1.29 is 23.8 Å². The largest absolute Gasteiger partial charge is 0.463 e. The molecular weight excluding hydrogens is 296 g/mol. The van der Waals surface area contributed by atoms with Crippen LogP contribution in [0.2, 0.25) is 0 Å². The maximum Gasteiger partial charge on any atom is 0.330 e.